The van der Waals surface area contributed by atoms with E-state index >= 15 is 0 Å². The number of hydrogen-bond acceptors (Lipinski definition) is 2. The van der Waals surface area contributed by atoms with Gasteiger partial charge < -0.3 is 4.74 Å². The quantitative estimate of drug-likeness (QED) is 0.782. The Hall–Kier alpha value is -2.09. The highest BCUT2D eigenvalue weighted by Gasteiger charge is 2.12. The zero-order chi connectivity index (χ0) is 14.7. The average Bonchev–Trinajstić information content (AvgIpc) is 2.37. The molecule has 0 aliphatic heterocycles. The Labute approximate surface area is 120 Å². The molecule has 2 rings (SSSR count). The lowest BCUT2D eigenvalue weighted by Crippen LogP contribution is -2.06. The number of benzene rings is 2. The van der Waals surface area contributed by atoms with Crippen molar-refractivity contribution in [3.63, 3.8) is 0 Å². The van der Waals surface area contributed by atoms with Gasteiger partial charge >= 0.3 is 0 Å². The van der Waals surface area contributed by atoms with Crippen LogP contribution in [0, 0.1) is 20.8 Å². The number of aryl methyl sites for hydroxylation is 3. The summed E-state index contributed by atoms with van der Waals surface area (Å²) in [6, 6.07) is 11.9. The van der Waals surface area contributed by atoms with E-state index in [1.165, 1.54) is 0 Å². The summed E-state index contributed by atoms with van der Waals surface area (Å²) in [5, 5.41) is 0. The van der Waals surface area contributed by atoms with Crippen molar-refractivity contribution >= 4 is 5.78 Å². The molecule has 0 aliphatic carbocycles. The van der Waals surface area contributed by atoms with Gasteiger partial charge in [0.15, 0.2) is 5.78 Å². The molecule has 0 radical (unpaired) electrons. The van der Waals surface area contributed by atoms with Crippen LogP contribution in [-0.4, -0.2) is 12.9 Å². The van der Waals surface area contributed by atoms with Crippen LogP contribution in [0.25, 0.3) is 0 Å². The number of Topliss-reactive ketones (excluding diaryl/α,β-unsaturated/α-hetero) is 1. The molecule has 0 amide bonds. The summed E-state index contributed by atoms with van der Waals surface area (Å²) >= 11 is 0. The second kappa shape index (κ2) is 5.91. The first-order valence-electron chi connectivity index (χ1n) is 6.74. The summed E-state index contributed by atoms with van der Waals surface area (Å²) in [5.74, 6) is 0.897. The topological polar surface area (TPSA) is 26.3 Å². The van der Waals surface area contributed by atoms with Gasteiger partial charge in [0.1, 0.15) is 5.75 Å². The van der Waals surface area contributed by atoms with Gasteiger partial charge in [-0.25, -0.2) is 0 Å². The van der Waals surface area contributed by atoms with Crippen molar-refractivity contribution in [3.8, 4) is 5.75 Å². The largest absolute Gasteiger partial charge is 0.496 e. The molecule has 0 aromatic heterocycles. The van der Waals surface area contributed by atoms with Crippen molar-refractivity contribution in [1.82, 2.24) is 0 Å². The lowest BCUT2D eigenvalue weighted by Gasteiger charge is -2.10. The van der Waals surface area contributed by atoms with Crippen LogP contribution in [0.1, 0.15) is 32.6 Å². The molecule has 0 bridgehead atoms. The minimum Gasteiger partial charge on any atom is -0.496 e. The molecular weight excluding hydrogens is 248 g/mol. The molecule has 0 fully saturated rings. The van der Waals surface area contributed by atoms with E-state index in [0.29, 0.717) is 6.42 Å². The number of ketones is 1. The van der Waals surface area contributed by atoms with Gasteiger partial charge in [-0.1, -0.05) is 34.9 Å². The fourth-order valence-electron chi connectivity index (χ4n) is 2.46. The highest BCUT2D eigenvalue weighted by Crippen LogP contribution is 2.22. The molecule has 0 saturated carbocycles. The second-order valence-corrected chi connectivity index (χ2v) is 5.29. The fourth-order valence-corrected chi connectivity index (χ4v) is 2.46. The van der Waals surface area contributed by atoms with Crippen LogP contribution in [0.15, 0.2) is 36.4 Å². The van der Waals surface area contributed by atoms with Gasteiger partial charge in [-0.05, 0) is 39.0 Å². The third kappa shape index (κ3) is 3.27. The molecular formula is C18H20O2. The van der Waals surface area contributed by atoms with Gasteiger partial charge in [-0.3, -0.25) is 4.79 Å². The first-order chi connectivity index (χ1) is 9.49. The number of carbonyl (C=O) groups excluding carboxylic acids is 1. The number of rotatable bonds is 4. The molecule has 0 atom stereocenters. The molecule has 0 saturated heterocycles. The van der Waals surface area contributed by atoms with Crippen LogP contribution in [0.2, 0.25) is 0 Å². The lowest BCUT2D eigenvalue weighted by atomic mass is 9.98. The minimum absolute atomic E-state index is 0.126. The molecule has 0 N–H and O–H groups in total. The van der Waals surface area contributed by atoms with E-state index < -0.39 is 0 Å². The summed E-state index contributed by atoms with van der Waals surface area (Å²) in [7, 11) is 1.63. The molecule has 2 nitrogen and oxygen atoms in total. The van der Waals surface area contributed by atoms with Crippen molar-refractivity contribution in [2.24, 2.45) is 0 Å². The first kappa shape index (κ1) is 14.3. The molecule has 20 heavy (non-hydrogen) atoms. The Morgan fingerprint density at radius 1 is 0.950 bits per heavy atom. The van der Waals surface area contributed by atoms with Gasteiger partial charge in [0.25, 0.3) is 0 Å². The van der Waals surface area contributed by atoms with Crippen molar-refractivity contribution in [2.75, 3.05) is 7.11 Å². The normalized spacial score (nSPS) is 10.4. The summed E-state index contributed by atoms with van der Waals surface area (Å²) in [6.45, 7) is 6.04. The van der Waals surface area contributed by atoms with Crippen LogP contribution in [-0.2, 0) is 6.42 Å². The highest BCUT2D eigenvalue weighted by atomic mass is 16.5. The third-order valence-corrected chi connectivity index (χ3v) is 3.33. The first-order valence-corrected chi connectivity index (χ1v) is 6.74. The summed E-state index contributed by atoms with van der Waals surface area (Å²) in [5.41, 5.74) is 5.07. The van der Waals surface area contributed by atoms with Crippen molar-refractivity contribution in [3.05, 3.63) is 64.2 Å². The number of ether oxygens (including phenoxy) is 1. The molecule has 2 heteroatoms. The Balaban J connectivity index is 2.29. The van der Waals surface area contributed by atoms with Gasteiger partial charge in [-0.2, -0.15) is 0 Å². The van der Waals surface area contributed by atoms with E-state index in [1.54, 1.807) is 7.11 Å². The maximum atomic E-state index is 12.4. The molecule has 0 unspecified atom stereocenters. The Morgan fingerprint density at radius 3 is 2.20 bits per heavy atom. The molecule has 0 heterocycles. The molecule has 2 aromatic rings. The van der Waals surface area contributed by atoms with E-state index in [4.69, 9.17) is 4.74 Å². The molecule has 2 aromatic carbocycles. The van der Waals surface area contributed by atoms with Gasteiger partial charge in [-0.15, -0.1) is 0 Å². The van der Waals surface area contributed by atoms with E-state index in [1.807, 2.05) is 51.1 Å². The average molecular weight is 268 g/mol. The van der Waals surface area contributed by atoms with E-state index in [0.717, 1.165) is 33.6 Å². The molecule has 104 valence electrons. The van der Waals surface area contributed by atoms with E-state index in [-0.39, 0.29) is 5.78 Å². The smallest absolute Gasteiger partial charge is 0.167 e. The maximum Gasteiger partial charge on any atom is 0.167 e. The van der Waals surface area contributed by atoms with Crippen molar-refractivity contribution in [1.29, 1.82) is 0 Å². The Morgan fingerprint density at radius 2 is 1.60 bits per heavy atom. The molecule has 0 spiro atoms. The standard InChI is InChI=1S/C18H20O2/c1-12-5-6-18(20-4)16(8-12)11-17(19)15-9-13(2)7-14(3)10-15/h5-10H,11H2,1-4H3. The van der Waals surface area contributed by atoms with Crippen LogP contribution in [0.3, 0.4) is 0 Å². The van der Waals surface area contributed by atoms with Gasteiger partial charge in [0, 0.05) is 17.5 Å². The number of methoxy groups -OCH3 is 1. The third-order valence-electron chi connectivity index (χ3n) is 3.33. The predicted molar refractivity (Wildman–Crippen MR) is 81.7 cm³/mol. The Bertz CT molecular complexity index is 622. The minimum atomic E-state index is 0.126. The fraction of sp³-hybridized carbons (Fsp3) is 0.278. The Kier molecular flexibility index (Phi) is 4.23. The SMILES string of the molecule is COc1ccc(C)cc1CC(=O)c1cc(C)cc(C)c1. The number of hydrogen-bond donors (Lipinski definition) is 0. The maximum absolute atomic E-state index is 12.4. The second-order valence-electron chi connectivity index (χ2n) is 5.29. The zero-order valence-electron chi connectivity index (χ0n) is 12.5. The summed E-state index contributed by atoms with van der Waals surface area (Å²) < 4.78 is 5.33. The summed E-state index contributed by atoms with van der Waals surface area (Å²) in [4.78, 5) is 12.4. The molecule has 0 aliphatic rings. The van der Waals surface area contributed by atoms with Gasteiger partial charge in [0.2, 0.25) is 0 Å². The van der Waals surface area contributed by atoms with Crippen LogP contribution >= 0.6 is 0 Å². The predicted octanol–water partition coefficient (Wildman–Crippen LogP) is 4.05. The lowest BCUT2D eigenvalue weighted by molar-refractivity contribution is 0.0992. The van der Waals surface area contributed by atoms with Crippen LogP contribution in [0.4, 0.5) is 0 Å². The monoisotopic (exact) mass is 268 g/mol. The van der Waals surface area contributed by atoms with Crippen LogP contribution in [0.5, 0.6) is 5.75 Å². The highest BCUT2D eigenvalue weighted by molar-refractivity contribution is 5.98. The van der Waals surface area contributed by atoms with E-state index in [9.17, 15) is 4.79 Å². The van der Waals surface area contributed by atoms with Crippen molar-refractivity contribution in [2.45, 2.75) is 27.2 Å². The van der Waals surface area contributed by atoms with Gasteiger partial charge in [0.05, 0.1) is 7.11 Å². The van der Waals surface area contributed by atoms with Crippen LogP contribution < -0.4 is 4.74 Å². The van der Waals surface area contributed by atoms with Crippen molar-refractivity contribution < 1.29 is 9.53 Å². The van der Waals surface area contributed by atoms with E-state index in [2.05, 4.69) is 6.07 Å². The summed E-state index contributed by atoms with van der Waals surface area (Å²) in [6.07, 6.45) is 0.369. The number of carbonyl (C=O) groups is 1. The zero-order valence-corrected chi connectivity index (χ0v) is 12.5.